The van der Waals surface area contributed by atoms with Gasteiger partial charge in [0.2, 0.25) is 0 Å². The average Bonchev–Trinajstić information content (AvgIpc) is 3.39. The lowest BCUT2D eigenvalue weighted by Crippen LogP contribution is -2.17. The predicted molar refractivity (Wildman–Crippen MR) is 101 cm³/mol. The van der Waals surface area contributed by atoms with Crippen LogP contribution in [0.3, 0.4) is 0 Å². The second-order valence-corrected chi connectivity index (χ2v) is 7.69. The summed E-state index contributed by atoms with van der Waals surface area (Å²) in [6, 6.07) is 4.47. The quantitative estimate of drug-likeness (QED) is 0.482. The lowest BCUT2D eigenvalue weighted by atomic mass is 9.96. The molecular weight excluding hydrogens is 383 g/mol. The minimum Gasteiger partial charge on any atom is -0.346 e. The molecule has 3 aromatic heterocycles. The number of nitriles is 1. The molecule has 1 saturated carbocycles. The van der Waals surface area contributed by atoms with Crippen molar-refractivity contribution in [3.63, 3.8) is 0 Å². The number of H-pyrrole nitrogens is 1. The minimum absolute atomic E-state index is 0.166. The molecular formula is C17H21N6O4P. The lowest BCUT2D eigenvalue weighted by Gasteiger charge is -2.21. The number of hydrogen-bond acceptors (Lipinski definition) is 5. The van der Waals surface area contributed by atoms with Crippen LogP contribution in [0.5, 0.6) is 0 Å². The van der Waals surface area contributed by atoms with Gasteiger partial charge in [0, 0.05) is 23.3 Å². The Labute approximate surface area is 161 Å². The number of aromatic nitrogens is 5. The first kappa shape index (κ1) is 20.2. The van der Waals surface area contributed by atoms with Crippen LogP contribution >= 0.6 is 7.82 Å². The van der Waals surface area contributed by atoms with Crippen LogP contribution in [0.25, 0.3) is 22.3 Å². The third kappa shape index (κ3) is 5.03. The van der Waals surface area contributed by atoms with Crippen LogP contribution in [0.1, 0.15) is 38.1 Å². The van der Waals surface area contributed by atoms with Crippen molar-refractivity contribution in [1.82, 2.24) is 24.7 Å². The fourth-order valence-corrected chi connectivity index (χ4v) is 3.66. The van der Waals surface area contributed by atoms with E-state index in [4.69, 9.17) is 19.2 Å². The summed E-state index contributed by atoms with van der Waals surface area (Å²) in [6.07, 6.45) is 12.7. The summed E-state index contributed by atoms with van der Waals surface area (Å²) in [7, 11) is -4.64. The summed E-state index contributed by atoms with van der Waals surface area (Å²) in [5.41, 5.74) is 2.68. The fraction of sp³-hybridized carbons (Fsp3) is 0.412. The van der Waals surface area contributed by atoms with Gasteiger partial charge in [0.15, 0.2) is 0 Å². The van der Waals surface area contributed by atoms with Crippen LogP contribution in [0.4, 0.5) is 0 Å². The third-order valence-corrected chi connectivity index (χ3v) is 4.81. The van der Waals surface area contributed by atoms with Gasteiger partial charge < -0.3 is 19.7 Å². The summed E-state index contributed by atoms with van der Waals surface area (Å²) < 4.78 is 10.8. The van der Waals surface area contributed by atoms with Gasteiger partial charge in [-0.1, -0.05) is 12.8 Å². The van der Waals surface area contributed by atoms with Crippen LogP contribution in [0.15, 0.2) is 31.0 Å². The number of rotatable bonds is 4. The smallest absolute Gasteiger partial charge is 0.346 e. The molecule has 0 radical (unpaired) electrons. The monoisotopic (exact) mass is 404 g/mol. The number of nitrogens with zero attached hydrogens (tertiary/aromatic N) is 5. The molecule has 1 aliphatic rings. The van der Waals surface area contributed by atoms with E-state index < -0.39 is 7.82 Å². The molecule has 3 aromatic rings. The maximum atomic E-state index is 9.18. The Balaban J connectivity index is 0.000000403. The molecule has 0 saturated heterocycles. The van der Waals surface area contributed by atoms with E-state index in [0.717, 1.165) is 22.3 Å². The predicted octanol–water partition coefficient (Wildman–Crippen LogP) is 2.54. The maximum Gasteiger partial charge on any atom is 0.466 e. The molecule has 0 aromatic carbocycles. The molecule has 1 fully saturated rings. The van der Waals surface area contributed by atoms with Crippen molar-refractivity contribution in [2.45, 2.75) is 38.1 Å². The summed E-state index contributed by atoms with van der Waals surface area (Å²) in [6.45, 7) is 0. The van der Waals surface area contributed by atoms with Gasteiger partial charge in [-0.25, -0.2) is 14.5 Å². The Morgan fingerprint density at radius 2 is 2.04 bits per heavy atom. The molecule has 1 atom stereocenters. The Bertz CT molecular complexity index is 1010. The zero-order valence-electron chi connectivity index (χ0n) is 15.0. The van der Waals surface area contributed by atoms with E-state index in [2.05, 4.69) is 26.1 Å². The number of fused-ring (bicyclic) bond motifs is 1. The molecule has 0 bridgehead atoms. The van der Waals surface area contributed by atoms with Crippen molar-refractivity contribution < 1.29 is 19.2 Å². The van der Waals surface area contributed by atoms with Gasteiger partial charge in [-0.3, -0.25) is 4.68 Å². The average molecular weight is 404 g/mol. The minimum atomic E-state index is -4.64. The highest BCUT2D eigenvalue weighted by atomic mass is 31.2. The van der Waals surface area contributed by atoms with Gasteiger partial charge in [-0.05, 0) is 24.8 Å². The van der Waals surface area contributed by atoms with Gasteiger partial charge in [0.25, 0.3) is 0 Å². The fourth-order valence-electron chi connectivity index (χ4n) is 3.66. The largest absolute Gasteiger partial charge is 0.466 e. The number of nitrogens with one attached hydrogen (secondary N) is 1. The zero-order chi connectivity index (χ0) is 20.1. The summed E-state index contributed by atoms with van der Waals surface area (Å²) in [4.78, 5) is 33.3. The van der Waals surface area contributed by atoms with Crippen molar-refractivity contribution in [2.24, 2.45) is 5.92 Å². The van der Waals surface area contributed by atoms with Crippen molar-refractivity contribution in [2.75, 3.05) is 0 Å². The van der Waals surface area contributed by atoms with E-state index in [1.165, 1.54) is 25.7 Å². The topological polar surface area (TPSA) is 161 Å². The first-order valence-corrected chi connectivity index (χ1v) is 10.4. The van der Waals surface area contributed by atoms with Crippen LogP contribution in [0, 0.1) is 17.2 Å². The van der Waals surface area contributed by atoms with Gasteiger partial charge in [-0.2, -0.15) is 10.4 Å². The van der Waals surface area contributed by atoms with Crippen molar-refractivity contribution in [3.8, 4) is 17.3 Å². The van der Waals surface area contributed by atoms with Gasteiger partial charge >= 0.3 is 7.82 Å². The number of aromatic amines is 1. The third-order valence-electron chi connectivity index (χ3n) is 4.81. The molecule has 1 aliphatic carbocycles. The maximum absolute atomic E-state index is 9.18. The molecule has 3 heterocycles. The molecule has 148 valence electrons. The van der Waals surface area contributed by atoms with Crippen molar-refractivity contribution in [3.05, 3.63) is 31.0 Å². The zero-order valence-corrected chi connectivity index (χ0v) is 15.9. The Morgan fingerprint density at radius 1 is 1.32 bits per heavy atom. The highest BCUT2D eigenvalue weighted by Crippen LogP contribution is 2.36. The Morgan fingerprint density at radius 3 is 2.71 bits per heavy atom. The molecule has 28 heavy (non-hydrogen) atoms. The number of hydrogen-bond donors (Lipinski definition) is 4. The Hall–Kier alpha value is -2.57. The molecule has 4 N–H and O–H groups in total. The van der Waals surface area contributed by atoms with E-state index in [0.29, 0.717) is 12.3 Å². The van der Waals surface area contributed by atoms with Crippen molar-refractivity contribution >= 4 is 18.9 Å². The van der Waals surface area contributed by atoms with Gasteiger partial charge in [0.1, 0.15) is 12.0 Å². The first-order chi connectivity index (χ1) is 13.4. The molecule has 0 aliphatic heterocycles. The van der Waals surface area contributed by atoms with Crippen LogP contribution in [-0.4, -0.2) is 39.4 Å². The second-order valence-electron chi connectivity index (χ2n) is 6.66. The molecule has 0 amide bonds. The number of phosphoric acid groups is 1. The highest BCUT2D eigenvalue weighted by Gasteiger charge is 2.27. The van der Waals surface area contributed by atoms with Gasteiger partial charge in [0.05, 0.1) is 30.4 Å². The molecule has 11 heteroatoms. The molecule has 0 spiro atoms. The van der Waals surface area contributed by atoms with E-state index >= 15 is 0 Å². The van der Waals surface area contributed by atoms with E-state index in [-0.39, 0.29) is 6.04 Å². The van der Waals surface area contributed by atoms with E-state index in [9.17, 15) is 5.26 Å². The second kappa shape index (κ2) is 8.63. The standard InChI is InChI=1S/C17H18N6.H3O4P/c18-7-5-15(12-3-1-2-4-12)23-10-13(9-22-23)16-14-6-8-19-17(14)21-11-20-16;1-5(2,3)4/h6,8-12,15H,1-5H2,(H,19,20,21);(H3,1,2,3,4)/t15-;/m0./s1. The van der Waals surface area contributed by atoms with Crippen LogP contribution in [-0.2, 0) is 4.57 Å². The van der Waals surface area contributed by atoms with Crippen LogP contribution in [0.2, 0.25) is 0 Å². The molecule has 10 nitrogen and oxygen atoms in total. The summed E-state index contributed by atoms with van der Waals surface area (Å²) >= 11 is 0. The van der Waals surface area contributed by atoms with E-state index in [1.54, 1.807) is 6.33 Å². The molecule has 0 unspecified atom stereocenters. The van der Waals surface area contributed by atoms with Gasteiger partial charge in [-0.15, -0.1) is 0 Å². The van der Waals surface area contributed by atoms with E-state index in [1.807, 2.05) is 29.3 Å². The van der Waals surface area contributed by atoms with Crippen molar-refractivity contribution in [1.29, 1.82) is 5.26 Å². The normalized spacial score (nSPS) is 15.8. The highest BCUT2D eigenvalue weighted by molar-refractivity contribution is 7.45. The lowest BCUT2D eigenvalue weighted by molar-refractivity contribution is 0.275. The summed E-state index contributed by atoms with van der Waals surface area (Å²) in [5, 5.41) is 14.7. The Kier molecular flexibility index (Phi) is 6.21. The summed E-state index contributed by atoms with van der Waals surface area (Å²) in [5.74, 6) is 0.556. The first-order valence-electron chi connectivity index (χ1n) is 8.84. The molecule has 4 rings (SSSR count). The van der Waals surface area contributed by atoms with Crippen LogP contribution < -0.4 is 0 Å². The SMILES string of the molecule is N#CC[C@@H](C1CCCC1)n1cc(-c2ncnc3[nH]ccc23)cn1.O=P(O)(O)O.